The summed E-state index contributed by atoms with van der Waals surface area (Å²) in [4.78, 5) is 15.2. The van der Waals surface area contributed by atoms with Crippen molar-refractivity contribution in [1.82, 2.24) is 9.88 Å². The number of fused-ring (bicyclic) bond motifs is 1. The first-order valence-electron chi connectivity index (χ1n) is 12.5. The number of H-pyrrole nitrogens is 1. The molecule has 182 valence electrons. The van der Waals surface area contributed by atoms with Gasteiger partial charge in [0, 0.05) is 61.5 Å². The highest BCUT2D eigenvalue weighted by atomic mass is 16.4. The fourth-order valence-electron chi connectivity index (χ4n) is 4.96. The third-order valence-electron chi connectivity index (χ3n) is 6.65. The number of hydrogen-bond acceptors (Lipinski definition) is 3. The molecule has 3 aromatic carbocycles. The van der Waals surface area contributed by atoms with Crippen molar-refractivity contribution in [2.24, 2.45) is 0 Å². The molecule has 0 bridgehead atoms. The molecule has 5 heteroatoms. The number of carbonyl (C=O) groups excluding carboxylic acids is 1. The largest absolute Gasteiger partial charge is 0.550 e. The van der Waals surface area contributed by atoms with Crippen molar-refractivity contribution >= 4 is 16.9 Å². The second kappa shape index (κ2) is 12.3. The number of nitrogens with zero attached hydrogens (tertiary/aromatic N) is 1. The van der Waals surface area contributed by atoms with Gasteiger partial charge in [-0.25, -0.2) is 0 Å². The predicted octanol–water partition coefficient (Wildman–Crippen LogP) is 3.36. The molecular weight excluding hydrogens is 434 g/mol. The molecule has 35 heavy (non-hydrogen) atoms. The number of likely N-dealkylation sites (tertiary alicyclic amines) is 1. The van der Waals surface area contributed by atoms with Gasteiger partial charge < -0.3 is 20.2 Å². The van der Waals surface area contributed by atoms with Crippen LogP contribution in [-0.4, -0.2) is 41.5 Å². The number of piperidine rings is 1. The number of aromatic nitrogens is 1. The summed E-state index contributed by atoms with van der Waals surface area (Å²) in [5.74, 6) is -1.08. The zero-order valence-electron chi connectivity index (χ0n) is 20.5. The number of aromatic amines is 1. The number of carbonyl (C=O) groups is 1. The van der Waals surface area contributed by atoms with Crippen LogP contribution in [0.1, 0.15) is 30.9 Å². The molecule has 0 saturated carbocycles. The summed E-state index contributed by atoms with van der Waals surface area (Å²) in [6, 6.07) is 31.1. The minimum absolute atomic E-state index is 0.748. The maximum absolute atomic E-state index is 8.89. The Bertz CT molecular complexity index is 1190. The third-order valence-corrected chi connectivity index (χ3v) is 6.65. The normalized spacial score (nSPS) is 14.4. The van der Waals surface area contributed by atoms with Gasteiger partial charge in [0.25, 0.3) is 0 Å². The molecule has 0 aliphatic carbocycles. The van der Waals surface area contributed by atoms with Gasteiger partial charge in [-0.2, -0.15) is 0 Å². The molecule has 5 rings (SSSR count). The molecule has 3 N–H and O–H groups in total. The van der Waals surface area contributed by atoms with E-state index in [-0.39, 0.29) is 0 Å². The molecule has 5 nitrogen and oxygen atoms in total. The molecule has 0 radical (unpaired) electrons. The van der Waals surface area contributed by atoms with Gasteiger partial charge in [0.2, 0.25) is 0 Å². The van der Waals surface area contributed by atoms with Crippen LogP contribution in [0, 0.1) is 0 Å². The van der Waals surface area contributed by atoms with Gasteiger partial charge in [0.1, 0.15) is 0 Å². The highest BCUT2D eigenvalue weighted by Gasteiger charge is 2.22. The third kappa shape index (κ3) is 7.04. The van der Waals surface area contributed by atoms with Crippen molar-refractivity contribution in [3.63, 3.8) is 0 Å². The summed E-state index contributed by atoms with van der Waals surface area (Å²) in [6.07, 6.45) is 3.66. The van der Waals surface area contributed by atoms with E-state index >= 15 is 0 Å². The Labute approximate surface area is 207 Å². The van der Waals surface area contributed by atoms with Crippen LogP contribution in [0.2, 0.25) is 0 Å². The van der Waals surface area contributed by atoms with Gasteiger partial charge in [0.15, 0.2) is 0 Å². The zero-order chi connectivity index (χ0) is 24.5. The van der Waals surface area contributed by atoms with Crippen LogP contribution in [0.5, 0.6) is 0 Å². The lowest BCUT2D eigenvalue weighted by Crippen LogP contribution is -2.91. The zero-order valence-corrected chi connectivity index (χ0v) is 20.5. The summed E-state index contributed by atoms with van der Waals surface area (Å²) in [5, 5.41) is 12.9. The molecule has 4 aromatic rings. The Morgan fingerprint density at radius 3 is 2.23 bits per heavy atom. The average Bonchev–Trinajstić information content (AvgIpc) is 3.25. The number of rotatable bonds is 7. The van der Waals surface area contributed by atoms with Crippen LogP contribution in [0.4, 0.5) is 0 Å². The first-order chi connectivity index (χ1) is 17.1. The highest BCUT2D eigenvalue weighted by Crippen LogP contribution is 2.30. The number of carboxylic acids is 1. The Hall–Kier alpha value is -3.41. The van der Waals surface area contributed by atoms with Crippen molar-refractivity contribution in [3.8, 4) is 11.3 Å². The number of nitrogens with two attached hydrogens (primary N) is 1. The summed E-state index contributed by atoms with van der Waals surface area (Å²) in [5.41, 5.74) is 6.69. The van der Waals surface area contributed by atoms with E-state index in [4.69, 9.17) is 9.90 Å². The van der Waals surface area contributed by atoms with E-state index in [2.05, 4.69) is 100 Å². The molecule has 1 aliphatic rings. The van der Waals surface area contributed by atoms with Crippen molar-refractivity contribution in [2.45, 2.75) is 38.8 Å². The van der Waals surface area contributed by atoms with Gasteiger partial charge in [-0.1, -0.05) is 78.9 Å². The Morgan fingerprint density at radius 1 is 0.943 bits per heavy atom. The quantitative estimate of drug-likeness (QED) is 0.436. The first kappa shape index (κ1) is 24.7. The van der Waals surface area contributed by atoms with E-state index in [1.54, 1.807) is 0 Å². The minimum atomic E-state index is -1.08. The van der Waals surface area contributed by atoms with E-state index in [1.165, 1.54) is 59.2 Å². The summed E-state index contributed by atoms with van der Waals surface area (Å²) in [6.45, 7) is 5.62. The van der Waals surface area contributed by atoms with Gasteiger partial charge >= 0.3 is 0 Å². The van der Waals surface area contributed by atoms with Crippen molar-refractivity contribution in [3.05, 3.63) is 96.1 Å². The SMILES string of the molecule is CC(=O)[O-].c1ccc(CN2CCC([NH2+]CCc3c(-c4ccccc4)[nH]c4ccccc34)CC2)cc1. The maximum atomic E-state index is 8.89. The van der Waals surface area contributed by atoms with Crippen LogP contribution in [0.3, 0.4) is 0 Å². The van der Waals surface area contributed by atoms with E-state index in [0.29, 0.717) is 0 Å². The summed E-state index contributed by atoms with van der Waals surface area (Å²) < 4.78 is 0. The number of aliphatic carboxylic acids is 1. The molecule has 1 fully saturated rings. The van der Waals surface area contributed by atoms with Crippen LogP contribution in [0.15, 0.2) is 84.9 Å². The summed E-state index contributed by atoms with van der Waals surface area (Å²) >= 11 is 0. The van der Waals surface area contributed by atoms with E-state index in [1.807, 2.05) is 0 Å². The molecule has 0 unspecified atom stereocenters. The monoisotopic (exact) mass is 469 g/mol. The average molecular weight is 470 g/mol. The number of hydrogen-bond donors (Lipinski definition) is 2. The Morgan fingerprint density at radius 2 is 1.54 bits per heavy atom. The van der Waals surface area contributed by atoms with Crippen LogP contribution >= 0.6 is 0 Å². The number of carboxylic acid groups (broad SMARTS) is 1. The molecule has 0 spiro atoms. The molecule has 0 amide bonds. The molecular formula is C30H35N3O2. The fraction of sp³-hybridized carbons (Fsp3) is 0.300. The van der Waals surface area contributed by atoms with Gasteiger partial charge in [0.05, 0.1) is 12.6 Å². The lowest BCUT2D eigenvalue weighted by Gasteiger charge is -2.30. The summed E-state index contributed by atoms with van der Waals surface area (Å²) in [7, 11) is 0. The molecule has 1 saturated heterocycles. The number of nitrogens with one attached hydrogen (secondary N) is 1. The van der Waals surface area contributed by atoms with Crippen molar-refractivity contribution < 1.29 is 15.2 Å². The van der Waals surface area contributed by atoms with E-state index in [0.717, 1.165) is 32.5 Å². The number of benzene rings is 3. The first-order valence-corrected chi connectivity index (χ1v) is 12.5. The lowest BCUT2D eigenvalue weighted by molar-refractivity contribution is -0.691. The molecule has 1 aromatic heterocycles. The number of quaternary nitrogens is 1. The highest BCUT2D eigenvalue weighted by molar-refractivity contribution is 5.90. The smallest absolute Gasteiger partial charge is 0.0883 e. The van der Waals surface area contributed by atoms with E-state index < -0.39 is 5.97 Å². The van der Waals surface area contributed by atoms with Crippen LogP contribution in [-0.2, 0) is 17.8 Å². The maximum Gasteiger partial charge on any atom is 0.0883 e. The lowest BCUT2D eigenvalue weighted by atomic mass is 10.0. The van der Waals surface area contributed by atoms with Gasteiger partial charge in [-0.15, -0.1) is 0 Å². The molecule has 1 aliphatic heterocycles. The number of para-hydroxylation sites is 1. The van der Waals surface area contributed by atoms with Gasteiger partial charge in [-0.3, -0.25) is 4.90 Å². The second-order valence-corrected chi connectivity index (χ2v) is 9.26. The standard InChI is InChI=1S/C28H31N3.C2H4O2/c1-3-9-22(10-4-1)21-31-19-16-24(17-20-31)29-18-15-26-25-13-7-8-14-27(25)30-28(26)23-11-5-2-6-12-23;1-2(3)4/h1-14,24,29-30H,15-21H2;1H3,(H,3,4). The van der Waals surface area contributed by atoms with Crippen LogP contribution in [0.25, 0.3) is 22.2 Å². The minimum Gasteiger partial charge on any atom is -0.550 e. The Kier molecular flexibility index (Phi) is 8.71. The molecule has 2 heterocycles. The van der Waals surface area contributed by atoms with E-state index in [9.17, 15) is 0 Å². The second-order valence-electron chi connectivity index (χ2n) is 9.26. The van der Waals surface area contributed by atoms with Crippen molar-refractivity contribution in [1.29, 1.82) is 0 Å². The molecule has 0 atom stereocenters. The van der Waals surface area contributed by atoms with Gasteiger partial charge in [-0.05, 0) is 29.7 Å². The Balaban J connectivity index is 0.000000672. The fourth-order valence-corrected chi connectivity index (χ4v) is 4.96. The van der Waals surface area contributed by atoms with Crippen LogP contribution < -0.4 is 10.4 Å². The topological polar surface area (TPSA) is 75.8 Å². The predicted molar refractivity (Wildman–Crippen MR) is 140 cm³/mol. The van der Waals surface area contributed by atoms with Crippen molar-refractivity contribution in [2.75, 3.05) is 19.6 Å².